The van der Waals surface area contributed by atoms with E-state index in [9.17, 15) is 0 Å². The van der Waals surface area contributed by atoms with Crippen molar-refractivity contribution in [1.29, 1.82) is 0 Å². The zero-order valence-corrected chi connectivity index (χ0v) is 13.2. The zero-order valence-electron chi connectivity index (χ0n) is 10.8. The SMILES string of the molecule is Cc1ccc(C)c(Nc2cc(Br)ccc2C(N)=S)c1. The van der Waals surface area contributed by atoms with E-state index in [2.05, 4.69) is 53.3 Å². The van der Waals surface area contributed by atoms with Crippen molar-refractivity contribution in [1.82, 2.24) is 0 Å². The Hall–Kier alpha value is -1.39. The van der Waals surface area contributed by atoms with Crippen LogP contribution < -0.4 is 11.1 Å². The maximum Gasteiger partial charge on any atom is 0.106 e. The van der Waals surface area contributed by atoms with Gasteiger partial charge in [0, 0.05) is 21.4 Å². The number of hydrogen-bond acceptors (Lipinski definition) is 2. The Bertz CT molecular complexity index is 638. The van der Waals surface area contributed by atoms with Crippen LogP contribution in [-0.2, 0) is 0 Å². The van der Waals surface area contributed by atoms with Crippen LogP contribution in [0.25, 0.3) is 0 Å². The highest BCUT2D eigenvalue weighted by Gasteiger charge is 2.07. The minimum Gasteiger partial charge on any atom is -0.389 e. The van der Waals surface area contributed by atoms with E-state index >= 15 is 0 Å². The Kier molecular flexibility index (Phi) is 4.22. The average molecular weight is 335 g/mol. The second-order valence-corrected chi connectivity index (χ2v) is 5.85. The van der Waals surface area contributed by atoms with Crippen molar-refractivity contribution in [3.8, 4) is 0 Å². The van der Waals surface area contributed by atoms with Crippen molar-refractivity contribution < 1.29 is 0 Å². The minimum absolute atomic E-state index is 0.389. The number of anilines is 2. The third kappa shape index (κ3) is 3.33. The molecule has 0 amide bonds. The van der Waals surface area contributed by atoms with Crippen molar-refractivity contribution in [2.24, 2.45) is 5.73 Å². The molecule has 2 aromatic carbocycles. The Labute approximate surface area is 127 Å². The first-order chi connectivity index (χ1) is 8.97. The lowest BCUT2D eigenvalue weighted by molar-refractivity contribution is 1.37. The van der Waals surface area contributed by atoms with Gasteiger partial charge < -0.3 is 11.1 Å². The number of rotatable bonds is 3. The highest BCUT2D eigenvalue weighted by Crippen LogP contribution is 2.27. The first-order valence-electron chi connectivity index (χ1n) is 5.91. The first-order valence-corrected chi connectivity index (χ1v) is 7.11. The van der Waals surface area contributed by atoms with Gasteiger partial charge in [-0.2, -0.15) is 0 Å². The molecule has 2 nitrogen and oxygen atoms in total. The number of nitrogens with two attached hydrogens (primary N) is 1. The van der Waals surface area contributed by atoms with Crippen molar-refractivity contribution in [2.45, 2.75) is 13.8 Å². The van der Waals surface area contributed by atoms with Gasteiger partial charge in [0.15, 0.2) is 0 Å². The van der Waals surface area contributed by atoms with E-state index in [1.165, 1.54) is 11.1 Å². The Morgan fingerprint density at radius 3 is 2.53 bits per heavy atom. The lowest BCUT2D eigenvalue weighted by Crippen LogP contribution is -2.12. The summed E-state index contributed by atoms with van der Waals surface area (Å²) in [5, 5.41) is 3.41. The summed E-state index contributed by atoms with van der Waals surface area (Å²) in [5.41, 5.74) is 11.0. The van der Waals surface area contributed by atoms with Crippen LogP contribution in [0, 0.1) is 13.8 Å². The van der Waals surface area contributed by atoms with Crippen LogP contribution in [-0.4, -0.2) is 4.99 Å². The van der Waals surface area contributed by atoms with E-state index in [4.69, 9.17) is 18.0 Å². The molecule has 0 bridgehead atoms. The van der Waals surface area contributed by atoms with Crippen LogP contribution in [0.3, 0.4) is 0 Å². The molecule has 0 atom stereocenters. The van der Waals surface area contributed by atoms with Crippen LogP contribution in [0.15, 0.2) is 40.9 Å². The number of halogens is 1. The van der Waals surface area contributed by atoms with Crippen LogP contribution in [0.4, 0.5) is 11.4 Å². The third-order valence-corrected chi connectivity index (χ3v) is 3.62. The minimum atomic E-state index is 0.389. The van der Waals surface area contributed by atoms with E-state index < -0.39 is 0 Å². The van der Waals surface area contributed by atoms with Crippen molar-refractivity contribution in [3.05, 3.63) is 57.6 Å². The average Bonchev–Trinajstić information content (AvgIpc) is 2.33. The Balaban J connectivity index is 2.45. The molecular formula is C15H15BrN2S. The van der Waals surface area contributed by atoms with Gasteiger partial charge in [0.25, 0.3) is 0 Å². The summed E-state index contributed by atoms with van der Waals surface area (Å²) in [7, 11) is 0. The molecule has 19 heavy (non-hydrogen) atoms. The molecule has 0 aromatic heterocycles. The predicted molar refractivity (Wildman–Crippen MR) is 89.2 cm³/mol. The van der Waals surface area contributed by atoms with E-state index in [1.54, 1.807) is 0 Å². The molecule has 0 heterocycles. The normalized spacial score (nSPS) is 10.3. The molecule has 0 unspecified atom stereocenters. The highest BCUT2D eigenvalue weighted by atomic mass is 79.9. The van der Waals surface area contributed by atoms with Gasteiger partial charge in [-0.3, -0.25) is 0 Å². The summed E-state index contributed by atoms with van der Waals surface area (Å²) in [4.78, 5) is 0.389. The highest BCUT2D eigenvalue weighted by molar-refractivity contribution is 9.10. The molecule has 0 aliphatic carbocycles. The second-order valence-electron chi connectivity index (χ2n) is 4.50. The van der Waals surface area contributed by atoms with E-state index in [1.807, 2.05) is 18.2 Å². The molecule has 0 saturated carbocycles. The second kappa shape index (κ2) is 5.72. The molecule has 0 saturated heterocycles. The molecule has 0 fully saturated rings. The van der Waals surface area contributed by atoms with Gasteiger partial charge in [0.1, 0.15) is 4.99 Å². The standard InChI is InChI=1S/C15H15BrN2S/c1-9-3-4-10(2)13(7-9)18-14-8-11(16)5-6-12(14)15(17)19/h3-8,18H,1-2H3,(H2,17,19). The molecule has 0 spiro atoms. The molecule has 2 aromatic rings. The number of hydrogen-bond donors (Lipinski definition) is 2. The van der Waals surface area contributed by atoms with Gasteiger partial charge >= 0.3 is 0 Å². The van der Waals surface area contributed by atoms with Crippen LogP contribution in [0.1, 0.15) is 16.7 Å². The lowest BCUT2D eigenvalue weighted by Gasteiger charge is -2.14. The zero-order chi connectivity index (χ0) is 14.0. The summed E-state index contributed by atoms with van der Waals surface area (Å²) in [6.45, 7) is 4.14. The largest absolute Gasteiger partial charge is 0.389 e. The van der Waals surface area contributed by atoms with E-state index in [0.717, 1.165) is 21.4 Å². The molecular weight excluding hydrogens is 320 g/mol. The van der Waals surface area contributed by atoms with Gasteiger partial charge in [-0.05, 0) is 49.2 Å². The van der Waals surface area contributed by atoms with Crippen LogP contribution in [0.2, 0.25) is 0 Å². The smallest absolute Gasteiger partial charge is 0.106 e. The van der Waals surface area contributed by atoms with Gasteiger partial charge in [-0.25, -0.2) is 0 Å². The molecule has 2 rings (SSSR count). The van der Waals surface area contributed by atoms with Crippen molar-refractivity contribution in [2.75, 3.05) is 5.32 Å². The van der Waals surface area contributed by atoms with E-state index in [-0.39, 0.29) is 0 Å². The lowest BCUT2D eigenvalue weighted by atomic mass is 10.1. The van der Waals surface area contributed by atoms with Crippen molar-refractivity contribution in [3.63, 3.8) is 0 Å². The van der Waals surface area contributed by atoms with Gasteiger partial charge in [-0.15, -0.1) is 0 Å². The molecule has 0 aliphatic heterocycles. The van der Waals surface area contributed by atoms with Gasteiger partial charge in [-0.1, -0.05) is 40.3 Å². The van der Waals surface area contributed by atoms with Crippen molar-refractivity contribution >= 4 is 44.5 Å². The number of nitrogens with one attached hydrogen (secondary N) is 1. The Morgan fingerprint density at radius 1 is 1.11 bits per heavy atom. The number of benzene rings is 2. The fraction of sp³-hybridized carbons (Fsp3) is 0.133. The summed E-state index contributed by atoms with van der Waals surface area (Å²) in [6, 6.07) is 12.1. The van der Waals surface area contributed by atoms with Crippen LogP contribution >= 0.6 is 28.1 Å². The summed E-state index contributed by atoms with van der Waals surface area (Å²) in [6.07, 6.45) is 0. The molecule has 98 valence electrons. The first kappa shape index (κ1) is 14.0. The molecule has 0 aliphatic rings. The summed E-state index contributed by atoms with van der Waals surface area (Å²) >= 11 is 8.56. The Morgan fingerprint density at radius 2 is 1.84 bits per heavy atom. The fourth-order valence-corrected chi connectivity index (χ4v) is 2.39. The summed E-state index contributed by atoms with van der Waals surface area (Å²) < 4.78 is 0.986. The third-order valence-electron chi connectivity index (χ3n) is 2.91. The van der Waals surface area contributed by atoms with E-state index in [0.29, 0.717) is 4.99 Å². The molecule has 3 N–H and O–H groups in total. The fourth-order valence-electron chi connectivity index (χ4n) is 1.85. The maximum absolute atomic E-state index is 5.76. The number of aryl methyl sites for hydroxylation is 2. The predicted octanol–water partition coefficient (Wildman–Crippen LogP) is 4.44. The number of thiocarbonyl (C=S) groups is 1. The van der Waals surface area contributed by atoms with Gasteiger partial charge in [0.2, 0.25) is 0 Å². The molecule has 0 radical (unpaired) electrons. The topological polar surface area (TPSA) is 38.0 Å². The quantitative estimate of drug-likeness (QED) is 0.814. The maximum atomic E-state index is 5.76. The van der Waals surface area contributed by atoms with Gasteiger partial charge in [0.05, 0.1) is 0 Å². The van der Waals surface area contributed by atoms with Crippen LogP contribution in [0.5, 0.6) is 0 Å². The summed E-state index contributed by atoms with van der Waals surface area (Å²) in [5.74, 6) is 0. The molecule has 4 heteroatoms. The monoisotopic (exact) mass is 334 g/mol.